The van der Waals surface area contributed by atoms with Crippen LogP contribution in [0.1, 0.15) is 55.8 Å². The van der Waals surface area contributed by atoms with Gasteiger partial charge in [0.1, 0.15) is 0 Å². The lowest BCUT2D eigenvalue weighted by molar-refractivity contribution is 0.354. The summed E-state index contributed by atoms with van der Waals surface area (Å²) in [5.74, 6) is 1.59. The van der Waals surface area contributed by atoms with Crippen LogP contribution in [0.25, 0.3) is 0 Å². The molecule has 1 atom stereocenters. The van der Waals surface area contributed by atoms with Crippen molar-refractivity contribution in [2.75, 3.05) is 14.2 Å². The molecule has 0 aromatic heterocycles. The van der Waals surface area contributed by atoms with Crippen LogP contribution in [0.4, 0.5) is 0 Å². The van der Waals surface area contributed by atoms with Crippen LogP contribution in [0, 0.1) is 0 Å². The van der Waals surface area contributed by atoms with Crippen LogP contribution in [-0.2, 0) is 0 Å². The number of hydrogen-bond donors (Lipinski definition) is 0. The fourth-order valence-electron chi connectivity index (χ4n) is 2.14. The molecule has 0 aliphatic rings. The fraction of sp³-hybridized carbons (Fsp3) is 0.625. The van der Waals surface area contributed by atoms with Crippen LogP contribution in [0.5, 0.6) is 11.5 Å². The molecule has 0 aliphatic carbocycles. The molecule has 0 aliphatic heterocycles. The SMILES string of the molecule is CCCCCCCC(Br)c1ccc(OC)c(OC)c1. The van der Waals surface area contributed by atoms with Gasteiger partial charge in [-0.1, -0.05) is 61.0 Å². The van der Waals surface area contributed by atoms with E-state index in [1.165, 1.54) is 44.1 Å². The maximum absolute atomic E-state index is 5.34. The highest BCUT2D eigenvalue weighted by Crippen LogP contribution is 2.35. The highest BCUT2D eigenvalue weighted by atomic mass is 79.9. The molecule has 108 valence electrons. The summed E-state index contributed by atoms with van der Waals surface area (Å²) in [6, 6.07) is 6.14. The number of alkyl halides is 1. The second-order valence-corrected chi connectivity index (χ2v) is 5.89. The molecule has 0 spiro atoms. The van der Waals surface area contributed by atoms with Crippen LogP contribution in [-0.4, -0.2) is 14.2 Å². The zero-order valence-corrected chi connectivity index (χ0v) is 13.8. The van der Waals surface area contributed by atoms with Gasteiger partial charge in [-0.3, -0.25) is 0 Å². The average molecular weight is 329 g/mol. The summed E-state index contributed by atoms with van der Waals surface area (Å²) >= 11 is 3.77. The first-order chi connectivity index (χ1) is 9.22. The topological polar surface area (TPSA) is 18.5 Å². The minimum Gasteiger partial charge on any atom is -0.493 e. The standard InChI is InChI=1S/C16H25BrO2/c1-4-5-6-7-8-9-14(17)13-10-11-15(18-2)16(12-13)19-3/h10-12,14H,4-9H2,1-3H3. The van der Waals surface area contributed by atoms with E-state index >= 15 is 0 Å². The first-order valence-corrected chi connectivity index (χ1v) is 8.00. The summed E-state index contributed by atoms with van der Waals surface area (Å²) < 4.78 is 10.6. The van der Waals surface area contributed by atoms with E-state index in [9.17, 15) is 0 Å². The summed E-state index contributed by atoms with van der Waals surface area (Å²) in [5, 5.41) is 0. The zero-order valence-electron chi connectivity index (χ0n) is 12.2. The molecule has 0 saturated carbocycles. The number of unbranched alkanes of at least 4 members (excludes halogenated alkanes) is 4. The number of rotatable bonds is 9. The van der Waals surface area contributed by atoms with E-state index in [2.05, 4.69) is 35.0 Å². The average Bonchev–Trinajstić information content (AvgIpc) is 2.46. The van der Waals surface area contributed by atoms with Gasteiger partial charge in [0.25, 0.3) is 0 Å². The molecule has 0 heterocycles. The molecule has 1 aromatic rings. The highest BCUT2D eigenvalue weighted by molar-refractivity contribution is 9.09. The van der Waals surface area contributed by atoms with Gasteiger partial charge in [0, 0.05) is 4.83 Å². The largest absolute Gasteiger partial charge is 0.493 e. The molecule has 0 fully saturated rings. The monoisotopic (exact) mass is 328 g/mol. The lowest BCUT2D eigenvalue weighted by Gasteiger charge is -2.13. The molecule has 1 rings (SSSR count). The lowest BCUT2D eigenvalue weighted by atomic mass is 10.0. The Balaban J connectivity index is 2.49. The third-order valence-electron chi connectivity index (χ3n) is 3.33. The molecule has 1 aromatic carbocycles. The number of benzene rings is 1. The van der Waals surface area contributed by atoms with E-state index in [0.717, 1.165) is 11.5 Å². The van der Waals surface area contributed by atoms with Crippen LogP contribution >= 0.6 is 15.9 Å². The number of methoxy groups -OCH3 is 2. The van der Waals surface area contributed by atoms with Crippen molar-refractivity contribution in [1.29, 1.82) is 0 Å². The van der Waals surface area contributed by atoms with E-state index < -0.39 is 0 Å². The molecule has 19 heavy (non-hydrogen) atoms. The van der Waals surface area contributed by atoms with Crippen molar-refractivity contribution < 1.29 is 9.47 Å². The van der Waals surface area contributed by atoms with Crippen molar-refractivity contribution in [3.8, 4) is 11.5 Å². The summed E-state index contributed by atoms with van der Waals surface area (Å²) in [6.07, 6.45) is 7.76. The molecule has 3 heteroatoms. The van der Waals surface area contributed by atoms with Crippen molar-refractivity contribution in [3.63, 3.8) is 0 Å². The smallest absolute Gasteiger partial charge is 0.161 e. The Morgan fingerprint density at radius 3 is 2.32 bits per heavy atom. The highest BCUT2D eigenvalue weighted by Gasteiger charge is 2.11. The third-order valence-corrected chi connectivity index (χ3v) is 4.32. The van der Waals surface area contributed by atoms with Crippen LogP contribution < -0.4 is 9.47 Å². The third kappa shape index (κ3) is 5.43. The van der Waals surface area contributed by atoms with Gasteiger partial charge in [-0.25, -0.2) is 0 Å². The lowest BCUT2D eigenvalue weighted by Crippen LogP contribution is -1.95. The zero-order chi connectivity index (χ0) is 14.1. The second-order valence-electron chi connectivity index (χ2n) is 4.78. The first-order valence-electron chi connectivity index (χ1n) is 7.09. The molecule has 0 saturated heterocycles. The molecule has 1 unspecified atom stereocenters. The number of hydrogen-bond acceptors (Lipinski definition) is 2. The van der Waals surface area contributed by atoms with Gasteiger partial charge < -0.3 is 9.47 Å². The molecular formula is C16H25BrO2. The Hall–Kier alpha value is -0.700. The molecule has 2 nitrogen and oxygen atoms in total. The fourth-order valence-corrected chi connectivity index (χ4v) is 2.75. The maximum atomic E-state index is 5.34. The van der Waals surface area contributed by atoms with Gasteiger partial charge in [0.2, 0.25) is 0 Å². The van der Waals surface area contributed by atoms with E-state index in [1.807, 2.05) is 6.07 Å². The summed E-state index contributed by atoms with van der Waals surface area (Å²) in [7, 11) is 3.34. The van der Waals surface area contributed by atoms with Gasteiger partial charge in [-0.15, -0.1) is 0 Å². The molecule has 0 bridgehead atoms. The quantitative estimate of drug-likeness (QED) is 0.440. The summed E-state index contributed by atoms with van der Waals surface area (Å²) in [4.78, 5) is 0.397. The molecule has 0 amide bonds. The van der Waals surface area contributed by atoms with Gasteiger partial charge in [0.05, 0.1) is 14.2 Å². The van der Waals surface area contributed by atoms with Crippen LogP contribution in [0.15, 0.2) is 18.2 Å². The number of halogens is 1. The summed E-state index contributed by atoms with van der Waals surface area (Å²) in [6.45, 7) is 2.25. The molecule has 0 radical (unpaired) electrons. The molecular weight excluding hydrogens is 304 g/mol. The van der Waals surface area contributed by atoms with Gasteiger partial charge in [0.15, 0.2) is 11.5 Å². The van der Waals surface area contributed by atoms with Crippen LogP contribution in [0.3, 0.4) is 0 Å². The van der Waals surface area contributed by atoms with Crippen LogP contribution in [0.2, 0.25) is 0 Å². The van der Waals surface area contributed by atoms with Gasteiger partial charge >= 0.3 is 0 Å². The predicted octanol–water partition coefficient (Wildman–Crippen LogP) is 5.50. The van der Waals surface area contributed by atoms with Gasteiger partial charge in [-0.05, 0) is 24.1 Å². The van der Waals surface area contributed by atoms with E-state index in [4.69, 9.17) is 9.47 Å². The first kappa shape index (κ1) is 16.4. The predicted molar refractivity (Wildman–Crippen MR) is 84.6 cm³/mol. The Morgan fingerprint density at radius 2 is 1.68 bits per heavy atom. The Morgan fingerprint density at radius 1 is 1.00 bits per heavy atom. The maximum Gasteiger partial charge on any atom is 0.161 e. The van der Waals surface area contributed by atoms with Crippen molar-refractivity contribution in [2.24, 2.45) is 0 Å². The Labute approximate surface area is 125 Å². The van der Waals surface area contributed by atoms with Crippen molar-refractivity contribution >= 4 is 15.9 Å². The van der Waals surface area contributed by atoms with E-state index in [-0.39, 0.29) is 0 Å². The minimum absolute atomic E-state index is 0.397. The Kier molecular flexibility index (Phi) is 7.96. The Bertz CT molecular complexity index is 366. The normalized spacial score (nSPS) is 12.2. The molecule has 0 N–H and O–H groups in total. The van der Waals surface area contributed by atoms with Gasteiger partial charge in [-0.2, -0.15) is 0 Å². The van der Waals surface area contributed by atoms with E-state index in [0.29, 0.717) is 4.83 Å². The minimum atomic E-state index is 0.397. The van der Waals surface area contributed by atoms with Crippen molar-refractivity contribution in [3.05, 3.63) is 23.8 Å². The van der Waals surface area contributed by atoms with Crippen molar-refractivity contribution in [1.82, 2.24) is 0 Å². The van der Waals surface area contributed by atoms with E-state index in [1.54, 1.807) is 14.2 Å². The second kappa shape index (κ2) is 9.24. The van der Waals surface area contributed by atoms with Crippen molar-refractivity contribution in [2.45, 2.75) is 50.3 Å². The number of ether oxygens (including phenoxy) is 2. The summed E-state index contributed by atoms with van der Waals surface area (Å²) in [5.41, 5.74) is 1.26.